The molecule has 112 valence electrons. The third kappa shape index (κ3) is 4.51. The van der Waals surface area contributed by atoms with E-state index < -0.39 is 0 Å². The van der Waals surface area contributed by atoms with E-state index in [1.807, 2.05) is 29.2 Å². The van der Waals surface area contributed by atoms with Crippen LogP contribution in [0.25, 0.3) is 0 Å². The standard InChI is InChI=1S/C14H19N5OS/c1-18-6-8-19(9-7-18)13(20)12-4-2-11(3-5-12)10-16-17-14(15)21/h2-5,10H,6-9H2,1H3,(H3,15,17,21). The van der Waals surface area contributed by atoms with E-state index in [9.17, 15) is 4.79 Å². The van der Waals surface area contributed by atoms with Crippen LogP contribution < -0.4 is 11.2 Å². The number of piperazine rings is 1. The Kier molecular flexibility index (Phi) is 5.24. The first-order valence-corrected chi connectivity index (χ1v) is 7.13. The van der Waals surface area contributed by atoms with Crippen molar-refractivity contribution < 1.29 is 4.79 Å². The monoisotopic (exact) mass is 305 g/mol. The topological polar surface area (TPSA) is 74.0 Å². The van der Waals surface area contributed by atoms with E-state index >= 15 is 0 Å². The molecule has 6 nitrogen and oxygen atoms in total. The average Bonchev–Trinajstić information content (AvgIpc) is 2.48. The molecule has 0 spiro atoms. The first-order valence-electron chi connectivity index (χ1n) is 6.72. The second-order valence-electron chi connectivity index (χ2n) is 4.95. The summed E-state index contributed by atoms with van der Waals surface area (Å²) in [4.78, 5) is 16.5. The molecule has 1 aromatic carbocycles. The van der Waals surface area contributed by atoms with Crippen molar-refractivity contribution in [3.63, 3.8) is 0 Å². The Morgan fingerprint density at radius 2 is 1.90 bits per heavy atom. The molecule has 1 aliphatic rings. The molecular weight excluding hydrogens is 286 g/mol. The highest BCUT2D eigenvalue weighted by molar-refractivity contribution is 7.80. The zero-order chi connectivity index (χ0) is 15.2. The van der Waals surface area contributed by atoms with Crippen LogP contribution in [-0.4, -0.2) is 60.3 Å². The summed E-state index contributed by atoms with van der Waals surface area (Å²) in [6.45, 7) is 3.38. The number of carbonyl (C=O) groups excluding carboxylic acids is 1. The molecule has 2 rings (SSSR count). The zero-order valence-electron chi connectivity index (χ0n) is 12.0. The highest BCUT2D eigenvalue weighted by atomic mass is 32.1. The number of likely N-dealkylation sites (N-methyl/N-ethyl adjacent to an activating group) is 1. The number of hydrazone groups is 1. The average molecular weight is 305 g/mol. The maximum atomic E-state index is 12.3. The summed E-state index contributed by atoms with van der Waals surface area (Å²) >= 11 is 4.65. The molecule has 1 saturated heterocycles. The maximum Gasteiger partial charge on any atom is 0.253 e. The lowest BCUT2D eigenvalue weighted by Gasteiger charge is -2.32. The largest absolute Gasteiger partial charge is 0.375 e. The highest BCUT2D eigenvalue weighted by Crippen LogP contribution is 2.09. The molecule has 1 aliphatic heterocycles. The van der Waals surface area contributed by atoms with Gasteiger partial charge in [0.25, 0.3) is 5.91 Å². The number of amides is 1. The minimum absolute atomic E-state index is 0.0767. The minimum Gasteiger partial charge on any atom is -0.375 e. The number of nitrogens with two attached hydrogens (primary N) is 1. The van der Waals surface area contributed by atoms with Crippen LogP contribution >= 0.6 is 12.2 Å². The number of rotatable bonds is 3. The van der Waals surface area contributed by atoms with Crippen molar-refractivity contribution >= 4 is 29.5 Å². The van der Waals surface area contributed by atoms with E-state index in [1.54, 1.807) is 6.21 Å². The normalized spacial score (nSPS) is 16.1. The van der Waals surface area contributed by atoms with Crippen molar-refractivity contribution in [1.82, 2.24) is 15.2 Å². The predicted octanol–water partition coefficient (Wildman–Crippen LogP) is 0.241. The van der Waals surface area contributed by atoms with Gasteiger partial charge in [0.1, 0.15) is 0 Å². The molecule has 0 atom stereocenters. The Morgan fingerprint density at radius 1 is 1.29 bits per heavy atom. The van der Waals surface area contributed by atoms with Gasteiger partial charge in [-0.15, -0.1) is 0 Å². The number of carbonyl (C=O) groups is 1. The van der Waals surface area contributed by atoms with Crippen LogP contribution in [0.3, 0.4) is 0 Å². The fourth-order valence-electron chi connectivity index (χ4n) is 2.07. The Bertz CT molecular complexity index is 535. The van der Waals surface area contributed by atoms with E-state index in [0.717, 1.165) is 31.7 Å². The van der Waals surface area contributed by atoms with Crippen molar-refractivity contribution in [1.29, 1.82) is 0 Å². The van der Waals surface area contributed by atoms with Gasteiger partial charge in [-0.25, -0.2) is 0 Å². The summed E-state index contributed by atoms with van der Waals surface area (Å²) in [5.74, 6) is 0.0767. The molecule has 0 radical (unpaired) electrons. The van der Waals surface area contributed by atoms with Crippen LogP contribution in [0.1, 0.15) is 15.9 Å². The highest BCUT2D eigenvalue weighted by Gasteiger charge is 2.19. The first kappa shape index (κ1) is 15.4. The first-order chi connectivity index (χ1) is 10.1. The number of nitrogens with one attached hydrogen (secondary N) is 1. The molecule has 0 unspecified atom stereocenters. The molecule has 1 aromatic rings. The molecule has 0 saturated carbocycles. The van der Waals surface area contributed by atoms with Gasteiger partial charge in [0.15, 0.2) is 5.11 Å². The van der Waals surface area contributed by atoms with E-state index in [2.05, 4.69) is 34.7 Å². The van der Waals surface area contributed by atoms with Crippen LogP contribution in [-0.2, 0) is 0 Å². The van der Waals surface area contributed by atoms with Gasteiger partial charge in [-0.2, -0.15) is 5.10 Å². The van der Waals surface area contributed by atoms with Gasteiger partial charge in [-0.1, -0.05) is 12.1 Å². The van der Waals surface area contributed by atoms with E-state index in [4.69, 9.17) is 5.73 Å². The molecule has 0 aliphatic carbocycles. The van der Waals surface area contributed by atoms with Crippen LogP contribution in [0.4, 0.5) is 0 Å². The fraction of sp³-hybridized carbons (Fsp3) is 0.357. The number of nitrogens with zero attached hydrogens (tertiary/aromatic N) is 3. The van der Waals surface area contributed by atoms with Gasteiger partial charge in [0.05, 0.1) is 6.21 Å². The van der Waals surface area contributed by atoms with Gasteiger partial charge in [0, 0.05) is 31.7 Å². The molecular formula is C14H19N5OS. The van der Waals surface area contributed by atoms with Crippen molar-refractivity contribution in [2.75, 3.05) is 33.2 Å². The summed E-state index contributed by atoms with van der Waals surface area (Å²) in [7, 11) is 2.07. The maximum absolute atomic E-state index is 12.3. The Balaban J connectivity index is 1.96. The molecule has 1 amide bonds. The fourth-order valence-corrected chi connectivity index (χ4v) is 2.13. The Morgan fingerprint density at radius 3 is 2.48 bits per heavy atom. The summed E-state index contributed by atoms with van der Waals surface area (Å²) in [5, 5.41) is 3.99. The third-order valence-electron chi connectivity index (χ3n) is 3.34. The lowest BCUT2D eigenvalue weighted by molar-refractivity contribution is 0.0664. The predicted molar refractivity (Wildman–Crippen MR) is 87.4 cm³/mol. The summed E-state index contributed by atoms with van der Waals surface area (Å²) in [5.41, 5.74) is 9.31. The van der Waals surface area contributed by atoms with Crippen LogP contribution in [0, 0.1) is 0 Å². The lowest BCUT2D eigenvalue weighted by Crippen LogP contribution is -2.47. The number of thiocarbonyl (C=S) groups is 1. The Hall–Kier alpha value is -1.99. The second-order valence-corrected chi connectivity index (χ2v) is 5.39. The lowest BCUT2D eigenvalue weighted by atomic mass is 10.1. The third-order valence-corrected chi connectivity index (χ3v) is 3.43. The smallest absolute Gasteiger partial charge is 0.253 e. The van der Waals surface area contributed by atoms with Crippen molar-refractivity contribution in [3.05, 3.63) is 35.4 Å². The number of benzene rings is 1. The molecule has 21 heavy (non-hydrogen) atoms. The molecule has 3 N–H and O–H groups in total. The van der Waals surface area contributed by atoms with Gasteiger partial charge in [-0.05, 0) is 37.0 Å². The summed E-state index contributed by atoms with van der Waals surface area (Å²) in [6, 6.07) is 7.30. The van der Waals surface area contributed by atoms with Crippen molar-refractivity contribution in [2.45, 2.75) is 0 Å². The van der Waals surface area contributed by atoms with Gasteiger partial charge >= 0.3 is 0 Å². The van der Waals surface area contributed by atoms with Crippen LogP contribution in [0.2, 0.25) is 0 Å². The van der Waals surface area contributed by atoms with Gasteiger partial charge in [0.2, 0.25) is 0 Å². The van der Waals surface area contributed by atoms with Gasteiger partial charge < -0.3 is 15.5 Å². The molecule has 1 fully saturated rings. The van der Waals surface area contributed by atoms with Crippen molar-refractivity contribution in [2.24, 2.45) is 10.8 Å². The second kappa shape index (κ2) is 7.14. The minimum atomic E-state index is 0.0767. The number of hydrogen-bond donors (Lipinski definition) is 2. The quantitative estimate of drug-likeness (QED) is 0.475. The number of hydrogen-bond acceptors (Lipinski definition) is 4. The van der Waals surface area contributed by atoms with E-state index in [0.29, 0.717) is 5.56 Å². The zero-order valence-corrected chi connectivity index (χ0v) is 12.8. The summed E-state index contributed by atoms with van der Waals surface area (Å²) < 4.78 is 0. The Labute approximate surface area is 129 Å². The van der Waals surface area contributed by atoms with Crippen LogP contribution in [0.15, 0.2) is 29.4 Å². The molecule has 7 heteroatoms. The van der Waals surface area contributed by atoms with E-state index in [1.165, 1.54) is 0 Å². The SMILES string of the molecule is CN1CCN(C(=O)c2ccc(C=NNC(N)=S)cc2)CC1. The van der Waals surface area contributed by atoms with E-state index in [-0.39, 0.29) is 11.0 Å². The molecule has 1 heterocycles. The van der Waals surface area contributed by atoms with Crippen LogP contribution in [0.5, 0.6) is 0 Å². The molecule has 0 bridgehead atoms. The van der Waals surface area contributed by atoms with Gasteiger partial charge in [-0.3, -0.25) is 10.2 Å². The van der Waals surface area contributed by atoms with Crippen molar-refractivity contribution in [3.8, 4) is 0 Å². The summed E-state index contributed by atoms with van der Waals surface area (Å²) in [6.07, 6.45) is 1.60. The molecule has 0 aromatic heterocycles.